The first-order valence-electron chi connectivity index (χ1n) is 12.7. The van der Waals surface area contributed by atoms with Crippen LogP contribution in [0.5, 0.6) is 5.75 Å². The number of methoxy groups -OCH3 is 1. The molecule has 3 heterocycles. The quantitative estimate of drug-likeness (QED) is 0.303. The summed E-state index contributed by atoms with van der Waals surface area (Å²) < 4.78 is 7.81. The third-order valence-corrected chi connectivity index (χ3v) is 7.93. The second-order valence-electron chi connectivity index (χ2n) is 9.96. The Kier molecular flexibility index (Phi) is 6.16. The van der Waals surface area contributed by atoms with Gasteiger partial charge in [-0.3, -0.25) is 14.5 Å². The van der Waals surface area contributed by atoms with Gasteiger partial charge in [-0.05, 0) is 66.9 Å². The van der Waals surface area contributed by atoms with Gasteiger partial charge in [0.15, 0.2) is 5.69 Å². The smallest absolute Gasteiger partial charge is 0.279 e. The molecule has 9 heteroatoms. The van der Waals surface area contributed by atoms with Gasteiger partial charge in [-0.2, -0.15) is 0 Å². The van der Waals surface area contributed by atoms with Crippen LogP contribution in [0.15, 0.2) is 54.6 Å². The molecule has 0 saturated carbocycles. The molecule has 1 atom stereocenters. The Bertz CT molecular complexity index is 1680. The van der Waals surface area contributed by atoms with Gasteiger partial charge in [-0.25, -0.2) is 4.98 Å². The number of carbonyl (C=O) groups excluding carboxylic acids is 2. The van der Waals surface area contributed by atoms with Crippen molar-refractivity contribution in [3.8, 4) is 28.3 Å². The molecular formula is C30H26Cl2N4O3. The number of likely N-dealkylation sites (N-methyl/N-ethyl adjacent to an activating group) is 1. The number of nitrogens with one attached hydrogen (secondary N) is 1. The molecule has 39 heavy (non-hydrogen) atoms. The monoisotopic (exact) mass is 560 g/mol. The number of fused-ring (bicyclic) bond motifs is 8. The number of ether oxygens (including phenoxy) is 1. The van der Waals surface area contributed by atoms with E-state index in [9.17, 15) is 9.59 Å². The van der Waals surface area contributed by atoms with Crippen molar-refractivity contribution in [2.45, 2.75) is 32.4 Å². The Hall–Kier alpha value is -3.81. The van der Waals surface area contributed by atoms with Crippen molar-refractivity contribution >= 4 is 40.7 Å². The fraction of sp³-hybridized carbons (Fsp3) is 0.233. The molecule has 0 spiro atoms. The standard InChI is InChI=1S/C30H26Cl2N4O3/c1-15(2)35-28-26(34-29(35)20-12-16(13-24(37)33-3)8-11-23(20)39-4)30(38)36-22-7-5-6-21(32)25(22)19-14-17(31)9-10-18(19)27(28)36/h5-12,14-15,27H,13H2,1-4H3,(H,33,37). The van der Waals surface area contributed by atoms with E-state index in [1.165, 1.54) is 0 Å². The third kappa shape index (κ3) is 3.83. The normalized spacial score (nSPS) is 15.1. The molecular weight excluding hydrogens is 535 g/mol. The highest BCUT2D eigenvalue weighted by Gasteiger charge is 2.48. The molecule has 3 aromatic carbocycles. The second kappa shape index (κ2) is 9.43. The maximum Gasteiger partial charge on any atom is 0.279 e. The molecule has 0 fully saturated rings. The number of halogens is 2. The molecule has 0 aliphatic carbocycles. The average molecular weight is 561 g/mol. The van der Waals surface area contributed by atoms with Crippen LogP contribution in [0.25, 0.3) is 22.5 Å². The van der Waals surface area contributed by atoms with E-state index in [0.717, 1.165) is 39.2 Å². The lowest BCUT2D eigenvalue weighted by molar-refractivity contribution is -0.119. The number of nitrogens with zero attached hydrogens (tertiary/aromatic N) is 3. The molecule has 1 N–H and O–H groups in total. The largest absolute Gasteiger partial charge is 0.496 e. The zero-order valence-corrected chi connectivity index (χ0v) is 23.4. The Morgan fingerprint density at radius 3 is 2.62 bits per heavy atom. The van der Waals surface area contributed by atoms with E-state index in [-0.39, 0.29) is 24.3 Å². The fourth-order valence-corrected chi connectivity index (χ4v) is 6.19. The number of carbonyl (C=O) groups is 2. The molecule has 2 aliphatic rings. The van der Waals surface area contributed by atoms with Crippen LogP contribution in [0.2, 0.25) is 10.0 Å². The van der Waals surface area contributed by atoms with Crippen LogP contribution in [0.1, 0.15) is 53.2 Å². The number of hydrogen-bond acceptors (Lipinski definition) is 4. The van der Waals surface area contributed by atoms with E-state index in [1.54, 1.807) is 19.1 Å². The first-order chi connectivity index (χ1) is 18.7. The molecule has 4 aromatic rings. The summed E-state index contributed by atoms with van der Waals surface area (Å²) in [6.07, 6.45) is 0.219. The number of aromatic nitrogens is 2. The summed E-state index contributed by atoms with van der Waals surface area (Å²) in [5.74, 6) is 0.936. The van der Waals surface area contributed by atoms with Crippen LogP contribution in [0.3, 0.4) is 0 Å². The van der Waals surface area contributed by atoms with Gasteiger partial charge < -0.3 is 14.6 Å². The van der Waals surface area contributed by atoms with Crippen LogP contribution in [-0.4, -0.2) is 35.5 Å². The topological polar surface area (TPSA) is 76.5 Å². The van der Waals surface area contributed by atoms with E-state index in [0.29, 0.717) is 27.3 Å². The van der Waals surface area contributed by atoms with Crippen molar-refractivity contribution in [2.24, 2.45) is 0 Å². The molecule has 2 amide bonds. The molecule has 0 saturated heterocycles. The van der Waals surface area contributed by atoms with Crippen LogP contribution in [0.4, 0.5) is 5.69 Å². The van der Waals surface area contributed by atoms with Crippen molar-refractivity contribution in [2.75, 3.05) is 19.1 Å². The summed E-state index contributed by atoms with van der Waals surface area (Å²) in [6, 6.07) is 16.5. The zero-order chi connectivity index (χ0) is 27.6. The number of benzene rings is 3. The molecule has 1 aromatic heterocycles. The number of imidazole rings is 1. The van der Waals surface area contributed by atoms with Crippen molar-refractivity contribution < 1.29 is 14.3 Å². The SMILES string of the molecule is CNC(=O)Cc1ccc(OC)c(-c2nc3c(n2C(C)C)C2c4ccc(Cl)cc4-c4c(Cl)cccc4N2C3=O)c1. The second-order valence-corrected chi connectivity index (χ2v) is 10.8. The van der Waals surface area contributed by atoms with Gasteiger partial charge in [-0.15, -0.1) is 0 Å². The van der Waals surface area contributed by atoms with Crippen LogP contribution in [-0.2, 0) is 11.2 Å². The lowest BCUT2D eigenvalue weighted by atomic mass is 9.88. The molecule has 198 valence electrons. The summed E-state index contributed by atoms with van der Waals surface area (Å²) in [4.78, 5) is 33.0. The lowest BCUT2D eigenvalue weighted by Crippen LogP contribution is -2.33. The molecule has 0 bridgehead atoms. The van der Waals surface area contributed by atoms with Gasteiger partial charge in [-0.1, -0.05) is 41.4 Å². The number of anilines is 1. The van der Waals surface area contributed by atoms with E-state index in [1.807, 2.05) is 54.6 Å². The van der Waals surface area contributed by atoms with Crippen LogP contribution >= 0.6 is 23.2 Å². The van der Waals surface area contributed by atoms with Gasteiger partial charge >= 0.3 is 0 Å². The molecule has 6 rings (SSSR count). The van der Waals surface area contributed by atoms with E-state index < -0.39 is 6.04 Å². The van der Waals surface area contributed by atoms with E-state index in [4.69, 9.17) is 32.9 Å². The summed E-state index contributed by atoms with van der Waals surface area (Å²) in [7, 11) is 3.21. The van der Waals surface area contributed by atoms with Gasteiger partial charge in [0.2, 0.25) is 5.91 Å². The maximum atomic E-state index is 14.1. The molecule has 7 nitrogen and oxygen atoms in total. The maximum absolute atomic E-state index is 14.1. The minimum atomic E-state index is -0.408. The minimum Gasteiger partial charge on any atom is -0.496 e. The van der Waals surface area contributed by atoms with Gasteiger partial charge in [0.1, 0.15) is 17.6 Å². The molecule has 0 radical (unpaired) electrons. The first kappa shape index (κ1) is 25.5. The molecule has 2 aliphatic heterocycles. The highest BCUT2D eigenvalue weighted by molar-refractivity contribution is 6.35. The number of amides is 2. The van der Waals surface area contributed by atoms with Crippen LogP contribution < -0.4 is 15.0 Å². The Labute approximate surface area is 236 Å². The Balaban J connectivity index is 1.61. The summed E-state index contributed by atoms with van der Waals surface area (Å²) in [6.45, 7) is 4.13. The summed E-state index contributed by atoms with van der Waals surface area (Å²) in [5.41, 5.74) is 6.07. The highest BCUT2D eigenvalue weighted by atomic mass is 35.5. The zero-order valence-electron chi connectivity index (χ0n) is 21.9. The van der Waals surface area contributed by atoms with E-state index in [2.05, 4.69) is 23.7 Å². The van der Waals surface area contributed by atoms with Gasteiger partial charge in [0.25, 0.3) is 5.91 Å². The van der Waals surface area contributed by atoms with Crippen LogP contribution in [0, 0.1) is 0 Å². The number of rotatable bonds is 5. The minimum absolute atomic E-state index is 0.0344. The predicted molar refractivity (Wildman–Crippen MR) is 153 cm³/mol. The number of hydrogen-bond donors (Lipinski definition) is 1. The summed E-state index contributed by atoms with van der Waals surface area (Å²) >= 11 is 13.1. The van der Waals surface area contributed by atoms with Crippen molar-refractivity contribution in [3.63, 3.8) is 0 Å². The highest BCUT2D eigenvalue weighted by Crippen LogP contribution is 2.55. The third-order valence-electron chi connectivity index (χ3n) is 7.38. The average Bonchev–Trinajstić information content (AvgIpc) is 3.44. The van der Waals surface area contributed by atoms with Crippen molar-refractivity contribution in [1.82, 2.24) is 14.9 Å². The van der Waals surface area contributed by atoms with E-state index >= 15 is 0 Å². The predicted octanol–water partition coefficient (Wildman–Crippen LogP) is 6.47. The van der Waals surface area contributed by atoms with Crippen molar-refractivity contribution in [3.05, 3.63) is 87.2 Å². The Morgan fingerprint density at radius 2 is 1.90 bits per heavy atom. The lowest BCUT2D eigenvalue weighted by Gasteiger charge is -2.35. The molecule has 1 unspecified atom stereocenters. The Morgan fingerprint density at radius 1 is 1.10 bits per heavy atom. The van der Waals surface area contributed by atoms with Gasteiger partial charge in [0, 0.05) is 23.7 Å². The van der Waals surface area contributed by atoms with Crippen molar-refractivity contribution in [1.29, 1.82) is 0 Å². The van der Waals surface area contributed by atoms with Gasteiger partial charge in [0.05, 0.1) is 35.5 Å². The summed E-state index contributed by atoms with van der Waals surface area (Å²) in [5, 5.41) is 3.81. The first-order valence-corrected chi connectivity index (χ1v) is 13.4. The fourth-order valence-electron chi connectivity index (χ4n) is 5.74.